The molecule has 0 bridgehead atoms. The van der Waals surface area contributed by atoms with Crippen molar-refractivity contribution in [3.8, 4) is 0 Å². The minimum Gasteiger partial charge on any atom is -0.397 e. The molecule has 0 saturated heterocycles. The van der Waals surface area contributed by atoms with Crippen LogP contribution in [-0.2, 0) is 6.18 Å². The molecule has 1 heterocycles. The zero-order chi connectivity index (χ0) is 11.2. The Morgan fingerprint density at radius 3 is 2.60 bits per heavy atom. The van der Waals surface area contributed by atoms with E-state index in [0.717, 1.165) is 0 Å². The molecule has 15 heavy (non-hydrogen) atoms. The summed E-state index contributed by atoms with van der Waals surface area (Å²) in [5, 5.41) is 0.261. The van der Waals surface area contributed by atoms with Gasteiger partial charge in [0.25, 0.3) is 0 Å². The Morgan fingerprint density at radius 1 is 1.33 bits per heavy atom. The van der Waals surface area contributed by atoms with Gasteiger partial charge in [0.05, 0.1) is 11.2 Å². The van der Waals surface area contributed by atoms with Crippen molar-refractivity contribution >= 4 is 28.3 Å². The predicted molar refractivity (Wildman–Crippen MR) is 50.5 cm³/mol. The molecule has 0 aliphatic carbocycles. The summed E-state index contributed by atoms with van der Waals surface area (Å²) in [6, 6.07) is 2.69. The number of benzene rings is 1. The van der Waals surface area contributed by atoms with Gasteiger partial charge < -0.3 is 10.7 Å². The Hall–Kier alpha value is -1.43. The van der Waals surface area contributed by atoms with Gasteiger partial charge in [-0.1, -0.05) is 11.6 Å². The molecular weight excluding hydrogens is 231 g/mol. The van der Waals surface area contributed by atoms with Gasteiger partial charge in [0.1, 0.15) is 5.52 Å². The number of fused-ring (bicyclic) bond motifs is 1. The number of nitrogens with one attached hydrogen (secondary N) is 1. The van der Waals surface area contributed by atoms with Gasteiger partial charge in [0, 0.05) is 5.02 Å². The molecule has 1 aromatic heterocycles. The summed E-state index contributed by atoms with van der Waals surface area (Å²) in [5.41, 5.74) is 5.84. The van der Waals surface area contributed by atoms with E-state index < -0.39 is 12.0 Å². The number of hydrogen-bond acceptors (Lipinski definition) is 2. The topological polar surface area (TPSA) is 54.7 Å². The van der Waals surface area contributed by atoms with Crippen LogP contribution in [0.5, 0.6) is 0 Å². The standard InChI is InChI=1S/C8H5ClF3N3/c9-3-1-4(13)6-5(2-3)14-7(15-6)8(10,11)12/h1-2H,13H2,(H,14,15). The molecule has 0 amide bonds. The highest BCUT2D eigenvalue weighted by atomic mass is 35.5. The zero-order valence-electron chi connectivity index (χ0n) is 7.19. The maximum absolute atomic E-state index is 12.3. The lowest BCUT2D eigenvalue weighted by Crippen LogP contribution is -2.06. The molecule has 0 fully saturated rings. The largest absolute Gasteiger partial charge is 0.449 e. The first-order valence-corrected chi connectivity index (χ1v) is 4.27. The Labute approximate surface area is 87.0 Å². The van der Waals surface area contributed by atoms with Crippen LogP contribution in [0.2, 0.25) is 5.02 Å². The van der Waals surface area contributed by atoms with Crippen LogP contribution in [0, 0.1) is 0 Å². The number of nitrogens with two attached hydrogens (primary N) is 1. The number of halogens is 4. The number of nitrogens with zero attached hydrogens (tertiary/aromatic N) is 1. The van der Waals surface area contributed by atoms with E-state index in [0.29, 0.717) is 0 Å². The number of H-pyrrole nitrogens is 1. The van der Waals surface area contributed by atoms with Crippen molar-refractivity contribution in [2.45, 2.75) is 6.18 Å². The maximum Gasteiger partial charge on any atom is 0.449 e. The third kappa shape index (κ3) is 1.72. The number of alkyl halides is 3. The van der Waals surface area contributed by atoms with Crippen molar-refractivity contribution in [3.63, 3.8) is 0 Å². The molecule has 0 saturated carbocycles. The Morgan fingerprint density at radius 2 is 2.00 bits per heavy atom. The number of hydrogen-bond donors (Lipinski definition) is 2. The van der Waals surface area contributed by atoms with Crippen LogP contribution in [0.4, 0.5) is 18.9 Å². The van der Waals surface area contributed by atoms with E-state index in [4.69, 9.17) is 17.3 Å². The van der Waals surface area contributed by atoms with Crippen LogP contribution in [0.25, 0.3) is 11.0 Å². The first-order chi connectivity index (χ1) is 6.88. The van der Waals surface area contributed by atoms with E-state index >= 15 is 0 Å². The van der Waals surface area contributed by atoms with Crippen molar-refractivity contribution in [1.29, 1.82) is 0 Å². The van der Waals surface area contributed by atoms with E-state index in [1.807, 2.05) is 0 Å². The van der Waals surface area contributed by atoms with Crippen molar-refractivity contribution in [1.82, 2.24) is 9.97 Å². The SMILES string of the molecule is Nc1cc(Cl)cc2[nH]c(C(F)(F)F)nc12. The second kappa shape index (κ2) is 3.03. The fourth-order valence-corrected chi connectivity index (χ4v) is 1.47. The van der Waals surface area contributed by atoms with Crippen molar-refractivity contribution in [2.75, 3.05) is 5.73 Å². The van der Waals surface area contributed by atoms with E-state index in [1.54, 1.807) is 0 Å². The molecule has 7 heteroatoms. The molecule has 3 nitrogen and oxygen atoms in total. The zero-order valence-corrected chi connectivity index (χ0v) is 7.95. The molecule has 0 aliphatic heterocycles. The summed E-state index contributed by atoms with van der Waals surface area (Å²) < 4.78 is 36.9. The quantitative estimate of drug-likeness (QED) is 0.690. The van der Waals surface area contributed by atoms with Crippen molar-refractivity contribution < 1.29 is 13.2 Å². The van der Waals surface area contributed by atoms with Gasteiger partial charge in [-0.05, 0) is 12.1 Å². The molecule has 2 aromatic rings. The Bertz CT molecular complexity index is 518. The number of nitrogen functional groups attached to an aromatic ring is 1. The average molecular weight is 236 g/mol. The molecule has 0 aliphatic rings. The first-order valence-electron chi connectivity index (χ1n) is 3.90. The molecule has 3 N–H and O–H groups in total. The number of anilines is 1. The van der Waals surface area contributed by atoms with Crippen molar-refractivity contribution in [2.24, 2.45) is 0 Å². The molecule has 2 rings (SSSR count). The second-order valence-corrected chi connectivity index (χ2v) is 3.41. The monoisotopic (exact) mass is 235 g/mol. The normalized spacial score (nSPS) is 12.3. The smallest absolute Gasteiger partial charge is 0.397 e. The summed E-state index contributed by atoms with van der Waals surface area (Å²) >= 11 is 5.64. The van der Waals surface area contributed by atoms with E-state index in [2.05, 4.69) is 9.97 Å². The van der Waals surface area contributed by atoms with Crippen LogP contribution < -0.4 is 5.73 Å². The van der Waals surface area contributed by atoms with Crippen LogP contribution in [0.15, 0.2) is 12.1 Å². The summed E-state index contributed by atoms with van der Waals surface area (Å²) in [7, 11) is 0. The van der Waals surface area contributed by atoms with Crippen LogP contribution in [0.3, 0.4) is 0 Å². The number of aromatic amines is 1. The number of imidazole rings is 1. The third-order valence-electron chi connectivity index (χ3n) is 1.85. The fourth-order valence-electron chi connectivity index (χ4n) is 1.24. The fraction of sp³-hybridized carbons (Fsp3) is 0.125. The third-order valence-corrected chi connectivity index (χ3v) is 2.07. The minimum atomic E-state index is -4.52. The predicted octanol–water partition coefficient (Wildman–Crippen LogP) is 2.82. The van der Waals surface area contributed by atoms with Crippen LogP contribution >= 0.6 is 11.6 Å². The lowest BCUT2D eigenvalue weighted by atomic mass is 10.3. The molecule has 0 radical (unpaired) electrons. The molecule has 0 unspecified atom stereocenters. The lowest BCUT2D eigenvalue weighted by Gasteiger charge is -1.98. The van der Waals surface area contributed by atoms with E-state index in [9.17, 15) is 13.2 Å². The Kier molecular flexibility index (Phi) is 2.04. The van der Waals surface area contributed by atoms with Gasteiger partial charge >= 0.3 is 6.18 Å². The maximum atomic E-state index is 12.3. The average Bonchev–Trinajstić information content (AvgIpc) is 2.46. The molecule has 0 atom stereocenters. The number of rotatable bonds is 0. The van der Waals surface area contributed by atoms with E-state index in [1.165, 1.54) is 12.1 Å². The molecular formula is C8H5ClF3N3. The van der Waals surface area contributed by atoms with Gasteiger partial charge in [-0.2, -0.15) is 13.2 Å². The van der Waals surface area contributed by atoms with E-state index in [-0.39, 0.29) is 21.7 Å². The highest BCUT2D eigenvalue weighted by Crippen LogP contribution is 2.31. The van der Waals surface area contributed by atoms with Gasteiger partial charge in [-0.3, -0.25) is 0 Å². The van der Waals surface area contributed by atoms with Crippen LogP contribution in [0.1, 0.15) is 5.82 Å². The highest BCUT2D eigenvalue weighted by molar-refractivity contribution is 6.31. The van der Waals surface area contributed by atoms with Gasteiger partial charge in [0.2, 0.25) is 5.82 Å². The van der Waals surface area contributed by atoms with Gasteiger partial charge in [0.15, 0.2) is 0 Å². The van der Waals surface area contributed by atoms with Gasteiger partial charge in [-0.15, -0.1) is 0 Å². The summed E-state index contributed by atoms with van der Waals surface area (Å²) in [6.45, 7) is 0. The lowest BCUT2D eigenvalue weighted by molar-refractivity contribution is -0.144. The van der Waals surface area contributed by atoms with Gasteiger partial charge in [-0.25, -0.2) is 4.98 Å². The summed E-state index contributed by atoms with van der Waals surface area (Å²) in [5.74, 6) is -1.08. The minimum absolute atomic E-state index is 0.0757. The molecule has 1 aromatic carbocycles. The summed E-state index contributed by atoms with van der Waals surface area (Å²) in [4.78, 5) is 5.48. The number of aromatic nitrogens is 2. The second-order valence-electron chi connectivity index (χ2n) is 2.97. The first kappa shape index (κ1) is 10.1. The molecule has 0 spiro atoms. The van der Waals surface area contributed by atoms with Crippen molar-refractivity contribution in [3.05, 3.63) is 23.0 Å². The van der Waals surface area contributed by atoms with Crippen LogP contribution in [-0.4, -0.2) is 9.97 Å². The highest BCUT2D eigenvalue weighted by Gasteiger charge is 2.34. The molecule has 80 valence electrons. The summed E-state index contributed by atoms with van der Waals surface area (Å²) in [6.07, 6.45) is -4.52. The Balaban J connectivity index is 2.71.